The Kier molecular flexibility index (Phi) is 4.69. The number of nitrogens with zero attached hydrogens (tertiary/aromatic N) is 1. The summed E-state index contributed by atoms with van der Waals surface area (Å²) in [5.74, 6) is -0.560. The molecule has 2 atom stereocenters. The number of nitrogens with two attached hydrogens (primary N) is 1. The normalized spacial score (nSPS) is 24.2. The van der Waals surface area contributed by atoms with Crippen molar-refractivity contribution in [3.05, 3.63) is 24.3 Å². The van der Waals surface area contributed by atoms with Crippen molar-refractivity contribution in [3.8, 4) is 5.75 Å². The Hall–Kier alpha value is -1.32. The van der Waals surface area contributed by atoms with Crippen molar-refractivity contribution in [1.29, 1.82) is 0 Å². The Morgan fingerprint density at radius 1 is 1.36 bits per heavy atom. The number of piperidine rings is 1. The molecule has 2 N–H and O–H groups in total. The van der Waals surface area contributed by atoms with Crippen molar-refractivity contribution in [1.82, 2.24) is 4.31 Å². The minimum Gasteiger partial charge on any atom is -0.406 e. The average molecular weight is 338 g/mol. The Balaban J connectivity index is 2.28. The van der Waals surface area contributed by atoms with Crippen LogP contribution < -0.4 is 10.5 Å². The second-order valence-electron chi connectivity index (χ2n) is 5.27. The summed E-state index contributed by atoms with van der Waals surface area (Å²) in [4.78, 5) is -0.225. The van der Waals surface area contributed by atoms with E-state index in [0.717, 1.165) is 12.1 Å². The third kappa shape index (κ3) is 3.90. The Morgan fingerprint density at radius 2 is 2.05 bits per heavy atom. The lowest BCUT2D eigenvalue weighted by molar-refractivity contribution is -0.274. The van der Waals surface area contributed by atoms with Crippen LogP contribution >= 0.6 is 0 Å². The van der Waals surface area contributed by atoms with Gasteiger partial charge in [0.25, 0.3) is 0 Å². The third-order valence-corrected chi connectivity index (χ3v) is 5.51. The molecule has 1 saturated heterocycles. The van der Waals surface area contributed by atoms with E-state index in [1.165, 1.54) is 16.4 Å². The molecule has 1 aliphatic heterocycles. The molecule has 5 nitrogen and oxygen atoms in total. The van der Waals surface area contributed by atoms with Gasteiger partial charge in [-0.3, -0.25) is 0 Å². The van der Waals surface area contributed by atoms with Crippen LogP contribution in [0.3, 0.4) is 0 Å². The number of alkyl halides is 3. The lowest BCUT2D eigenvalue weighted by Gasteiger charge is -2.35. The molecule has 2 rings (SSSR count). The number of hydrogen-bond donors (Lipinski definition) is 1. The maximum atomic E-state index is 12.6. The lowest BCUT2D eigenvalue weighted by atomic mass is 10.0. The second-order valence-corrected chi connectivity index (χ2v) is 7.16. The van der Waals surface area contributed by atoms with E-state index < -0.39 is 22.1 Å². The van der Waals surface area contributed by atoms with E-state index in [0.29, 0.717) is 12.8 Å². The lowest BCUT2D eigenvalue weighted by Crippen LogP contribution is -2.48. The van der Waals surface area contributed by atoms with Gasteiger partial charge in [0.2, 0.25) is 10.0 Å². The van der Waals surface area contributed by atoms with Crippen molar-refractivity contribution in [2.45, 2.75) is 43.1 Å². The topological polar surface area (TPSA) is 72.6 Å². The Morgan fingerprint density at radius 3 is 2.64 bits per heavy atom. The number of benzene rings is 1. The van der Waals surface area contributed by atoms with Gasteiger partial charge in [-0.15, -0.1) is 13.2 Å². The van der Waals surface area contributed by atoms with Gasteiger partial charge in [-0.2, -0.15) is 4.31 Å². The van der Waals surface area contributed by atoms with Crippen LogP contribution in [0.25, 0.3) is 0 Å². The smallest absolute Gasteiger partial charge is 0.406 e. The molecule has 0 radical (unpaired) electrons. The summed E-state index contributed by atoms with van der Waals surface area (Å²) in [5.41, 5.74) is 5.80. The van der Waals surface area contributed by atoms with Crippen molar-refractivity contribution < 1.29 is 26.3 Å². The summed E-state index contributed by atoms with van der Waals surface area (Å²) < 4.78 is 66.9. The van der Waals surface area contributed by atoms with Crippen molar-refractivity contribution in [2.75, 3.05) is 6.54 Å². The fourth-order valence-corrected chi connectivity index (χ4v) is 4.20. The number of halogens is 3. The maximum Gasteiger partial charge on any atom is 0.573 e. The Bertz CT molecular complexity index is 634. The van der Waals surface area contributed by atoms with Gasteiger partial charge in [-0.05, 0) is 31.9 Å². The molecule has 1 aromatic carbocycles. The van der Waals surface area contributed by atoms with E-state index in [9.17, 15) is 21.6 Å². The van der Waals surface area contributed by atoms with Gasteiger partial charge < -0.3 is 10.5 Å². The monoisotopic (exact) mass is 338 g/mol. The van der Waals surface area contributed by atoms with Crippen molar-refractivity contribution in [2.24, 2.45) is 5.73 Å². The van der Waals surface area contributed by atoms with E-state index in [1.54, 1.807) is 6.92 Å². The molecule has 0 bridgehead atoms. The summed E-state index contributed by atoms with van der Waals surface area (Å²) in [6, 6.07) is 4.03. The van der Waals surface area contributed by atoms with E-state index in [1.807, 2.05) is 0 Å². The Labute approximate surface area is 126 Å². The van der Waals surface area contributed by atoms with Gasteiger partial charge in [-0.25, -0.2) is 8.42 Å². The highest BCUT2D eigenvalue weighted by atomic mass is 32.2. The summed E-state index contributed by atoms with van der Waals surface area (Å²) in [6.07, 6.45) is -3.84. The van der Waals surface area contributed by atoms with Crippen LogP contribution in [-0.2, 0) is 10.0 Å². The first-order valence-corrected chi connectivity index (χ1v) is 8.17. The summed E-state index contributed by atoms with van der Waals surface area (Å²) in [6.45, 7) is 1.97. The third-order valence-electron chi connectivity index (χ3n) is 3.50. The minimum atomic E-state index is -4.87. The van der Waals surface area contributed by atoms with Gasteiger partial charge in [0, 0.05) is 24.7 Å². The zero-order valence-corrected chi connectivity index (χ0v) is 12.7. The molecule has 0 unspecified atom stereocenters. The van der Waals surface area contributed by atoms with Gasteiger partial charge in [0.15, 0.2) is 0 Å². The summed E-state index contributed by atoms with van der Waals surface area (Å²) >= 11 is 0. The van der Waals surface area contributed by atoms with Crippen LogP contribution in [0.2, 0.25) is 0 Å². The van der Waals surface area contributed by atoms with Gasteiger partial charge >= 0.3 is 6.36 Å². The van der Waals surface area contributed by atoms with Crippen LogP contribution in [0.1, 0.15) is 19.8 Å². The van der Waals surface area contributed by atoms with E-state index in [2.05, 4.69) is 4.74 Å². The molecule has 0 amide bonds. The highest BCUT2D eigenvalue weighted by Crippen LogP contribution is 2.29. The molecule has 22 heavy (non-hydrogen) atoms. The first-order valence-electron chi connectivity index (χ1n) is 6.73. The fourth-order valence-electron chi connectivity index (χ4n) is 2.51. The number of hydrogen-bond acceptors (Lipinski definition) is 4. The largest absolute Gasteiger partial charge is 0.573 e. The number of ether oxygens (including phenoxy) is 1. The average Bonchev–Trinajstić information content (AvgIpc) is 2.36. The molecular weight excluding hydrogens is 321 g/mol. The van der Waals surface area contributed by atoms with Gasteiger partial charge in [0.1, 0.15) is 5.75 Å². The van der Waals surface area contributed by atoms with Crippen LogP contribution in [0.5, 0.6) is 5.75 Å². The van der Waals surface area contributed by atoms with E-state index in [4.69, 9.17) is 5.73 Å². The van der Waals surface area contributed by atoms with E-state index in [-0.39, 0.29) is 23.5 Å². The van der Waals surface area contributed by atoms with E-state index >= 15 is 0 Å². The predicted octanol–water partition coefficient (Wildman–Crippen LogP) is 2.09. The molecule has 1 aliphatic rings. The van der Waals surface area contributed by atoms with Gasteiger partial charge in [0.05, 0.1) is 4.90 Å². The minimum absolute atomic E-state index is 0.0682. The zero-order chi connectivity index (χ0) is 16.5. The molecular formula is C13H17F3N2O3S. The van der Waals surface area contributed by atoms with Crippen LogP contribution in [0.15, 0.2) is 29.2 Å². The van der Waals surface area contributed by atoms with Crippen LogP contribution in [0.4, 0.5) is 13.2 Å². The standard InChI is InChI=1S/C13H17F3N2O3S/c1-9-7-10(17)5-6-18(9)22(19,20)12-4-2-3-11(8-12)21-13(14,15)16/h2-4,8-10H,5-7,17H2,1H3/t9-,10+/m1/s1. The highest BCUT2D eigenvalue weighted by Gasteiger charge is 2.35. The molecule has 1 heterocycles. The summed E-state index contributed by atoms with van der Waals surface area (Å²) in [5, 5.41) is 0. The second kappa shape index (κ2) is 6.05. The first kappa shape index (κ1) is 17.0. The SMILES string of the molecule is C[C@@H]1C[C@@H](N)CCN1S(=O)(=O)c1cccc(OC(F)(F)F)c1. The zero-order valence-electron chi connectivity index (χ0n) is 11.9. The molecule has 0 spiro atoms. The number of rotatable bonds is 3. The van der Waals surface area contributed by atoms with Crippen molar-refractivity contribution >= 4 is 10.0 Å². The maximum absolute atomic E-state index is 12.6. The molecule has 0 aliphatic carbocycles. The van der Waals surface area contributed by atoms with Crippen molar-refractivity contribution in [3.63, 3.8) is 0 Å². The number of sulfonamides is 1. The molecule has 1 fully saturated rings. The summed E-state index contributed by atoms with van der Waals surface area (Å²) in [7, 11) is -3.88. The molecule has 9 heteroatoms. The van der Waals surface area contributed by atoms with Crippen LogP contribution in [0, 0.1) is 0 Å². The molecule has 0 aromatic heterocycles. The quantitative estimate of drug-likeness (QED) is 0.916. The molecule has 1 aromatic rings. The van der Waals surface area contributed by atoms with Crippen LogP contribution in [-0.4, -0.2) is 37.7 Å². The van der Waals surface area contributed by atoms with Gasteiger partial charge in [-0.1, -0.05) is 6.07 Å². The molecule has 124 valence electrons. The fraction of sp³-hybridized carbons (Fsp3) is 0.538. The molecule has 0 saturated carbocycles. The predicted molar refractivity (Wildman–Crippen MR) is 73.7 cm³/mol. The highest BCUT2D eigenvalue weighted by molar-refractivity contribution is 7.89. The first-order chi connectivity index (χ1) is 10.1.